The Morgan fingerprint density at radius 2 is 2.16 bits per heavy atom. The second-order valence-electron chi connectivity index (χ2n) is 6.53. The molecule has 7 heteroatoms. The number of esters is 1. The molecule has 136 valence electrons. The largest absolute Gasteiger partial charge is 0.481 e. The molecule has 1 fully saturated rings. The van der Waals surface area contributed by atoms with Crippen LogP contribution in [-0.4, -0.2) is 36.9 Å². The van der Waals surface area contributed by atoms with Gasteiger partial charge in [0, 0.05) is 23.6 Å². The van der Waals surface area contributed by atoms with E-state index in [1.807, 2.05) is 6.92 Å². The number of nitrogens with zero attached hydrogens (tertiary/aromatic N) is 1. The van der Waals surface area contributed by atoms with Gasteiger partial charge in [0.1, 0.15) is 6.29 Å². The van der Waals surface area contributed by atoms with Crippen molar-refractivity contribution in [2.45, 2.75) is 39.2 Å². The zero-order valence-corrected chi connectivity index (χ0v) is 14.8. The molecule has 7 nitrogen and oxygen atoms in total. The van der Waals surface area contributed by atoms with Crippen molar-refractivity contribution in [2.75, 3.05) is 13.7 Å². The monoisotopic (exact) mass is 348 g/mol. The smallest absolute Gasteiger partial charge is 0.308 e. The molecular weight excluding hydrogens is 324 g/mol. The van der Waals surface area contributed by atoms with Gasteiger partial charge in [0.2, 0.25) is 11.8 Å². The lowest BCUT2D eigenvalue weighted by Crippen LogP contribution is -2.49. The molecule has 1 aliphatic rings. The highest BCUT2D eigenvalue weighted by Crippen LogP contribution is 2.44. The zero-order valence-electron chi connectivity index (χ0n) is 14.8. The molecule has 1 N–H and O–H groups in total. The topological polar surface area (TPSA) is 94.6 Å². The summed E-state index contributed by atoms with van der Waals surface area (Å²) in [4.78, 5) is 39.5. The van der Waals surface area contributed by atoms with E-state index in [1.165, 1.54) is 7.11 Å². The number of hydrogen-bond acceptors (Lipinski definition) is 6. The third-order valence-corrected chi connectivity index (χ3v) is 4.52. The lowest BCUT2D eigenvalue weighted by Gasteiger charge is -2.42. The molecule has 0 unspecified atom stereocenters. The van der Waals surface area contributed by atoms with Crippen LogP contribution in [0.4, 0.5) is 0 Å². The SMILES string of the molecule is CCOC(=O)C[C@H](NC(=O)C1(C)CC(C=O)C1)c1ccc(OC)nc1. The van der Waals surface area contributed by atoms with Crippen LogP contribution in [0.2, 0.25) is 0 Å². The lowest BCUT2D eigenvalue weighted by molar-refractivity contribution is -0.144. The van der Waals surface area contributed by atoms with Crippen LogP contribution in [0.15, 0.2) is 18.3 Å². The number of methoxy groups -OCH3 is 1. The minimum absolute atomic E-state index is 0.0147. The fraction of sp³-hybridized carbons (Fsp3) is 0.556. The van der Waals surface area contributed by atoms with E-state index in [0.29, 0.717) is 24.3 Å². The summed E-state index contributed by atoms with van der Waals surface area (Å²) in [6.45, 7) is 3.84. The minimum atomic E-state index is -0.585. The number of hydrogen-bond donors (Lipinski definition) is 1. The molecule has 1 aromatic heterocycles. The number of nitrogens with one attached hydrogen (secondary N) is 1. The Kier molecular flexibility index (Phi) is 6.12. The van der Waals surface area contributed by atoms with Crippen LogP contribution in [-0.2, 0) is 19.1 Å². The summed E-state index contributed by atoms with van der Waals surface area (Å²) in [6, 6.07) is 2.89. The molecule has 1 saturated carbocycles. The second kappa shape index (κ2) is 8.09. The van der Waals surface area contributed by atoms with Crippen LogP contribution in [0.3, 0.4) is 0 Å². The second-order valence-corrected chi connectivity index (χ2v) is 6.53. The van der Waals surface area contributed by atoms with Crippen molar-refractivity contribution in [1.29, 1.82) is 0 Å². The van der Waals surface area contributed by atoms with E-state index >= 15 is 0 Å². The van der Waals surface area contributed by atoms with Crippen molar-refractivity contribution in [3.05, 3.63) is 23.9 Å². The van der Waals surface area contributed by atoms with E-state index in [9.17, 15) is 14.4 Å². The van der Waals surface area contributed by atoms with Gasteiger partial charge in [-0.3, -0.25) is 9.59 Å². The molecule has 1 aromatic rings. The summed E-state index contributed by atoms with van der Waals surface area (Å²) in [5.74, 6) is -0.185. The first-order valence-electron chi connectivity index (χ1n) is 8.33. The van der Waals surface area contributed by atoms with Gasteiger partial charge >= 0.3 is 5.97 Å². The molecule has 0 aromatic carbocycles. The maximum absolute atomic E-state index is 12.6. The summed E-state index contributed by atoms with van der Waals surface area (Å²) in [6.07, 6.45) is 3.52. The summed E-state index contributed by atoms with van der Waals surface area (Å²) in [5.41, 5.74) is 0.107. The maximum Gasteiger partial charge on any atom is 0.308 e. The normalized spacial score (nSPS) is 23.1. The van der Waals surface area contributed by atoms with Crippen molar-refractivity contribution in [1.82, 2.24) is 10.3 Å². The van der Waals surface area contributed by atoms with Crippen molar-refractivity contribution in [3.63, 3.8) is 0 Å². The predicted octanol–water partition coefficient (Wildman–Crippen LogP) is 1.82. The van der Waals surface area contributed by atoms with Gasteiger partial charge in [0.25, 0.3) is 0 Å². The Morgan fingerprint density at radius 1 is 1.44 bits per heavy atom. The first-order chi connectivity index (χ1) is 11.9. The van der Waals surface area contributed by atoms with Crippen molar-refractivity contribution in [3.8, 4) is 5.88 Å². The average molecular weight is 348 g/mol. The Labute approximate surface area is 147 Å². The van der Waals surface area contributed by atoms with Crippen LogP contribution in [0.1, 0.15) is 44.7 Å². The molecule has 2 rings (SSSR count). The highest BCUT2D eigenvalue weighted by atomic mass is 16.5. The van der Waals surface area contributed by atoms with E-state index in [2.05, 4.69) is 10.3 Å². The fourth-order valence-electron chi connectivity index (χ4n) is 3.07. The number of rotatable bonds is 8. The van der Waals surface area contributed by atoms with E-state index < -0.39 is 17.4 Å². The predicted molar refractivity (Wildman–Crippen MR) is 89.8 cm³/mol. The lowest BCUT2D eigenvalue weighted by atomic mass is 9.63. The first-order valence-corrected chi connectivity index (χ1v) is 8.33. The highest BCUT2D eigenvalue weighted by Gasteiger charge is 2.46. The van der Waals surface area contributed by atoms with E-state index in [4.69, 9.17) is 9.47 Å². The number of ether oxygens (including phenoxy) is 2. The van der Waals surface area contributed by atoms with E-state index in [0.717, 1.165) is 6.29 Å². The zero-order chi connectivity index (χ0) is 18.4. The molecule has 0 bridgehead atoms. The summed E-state index contributed by atoms with van der Waals surface area (Å²) >= 11 is 0. The van der Waals surface area contributed by atoms with Gasteiger partial charge in [-0.1, -0.05) is 13.0 Å². The standard InChI is InChI=1S/C18H24N2O5/c1-4-25-16(22)7-14(13-5-6-15(24-3)19-10-13)20-17(23)18(2)8-12(9-18)11-21/h5-6,10-12,14H,4,7-9H2,1-3H3,(H,20,23)/t12?,14-,18?/m0/s1. The molecule has 1 amide bonds. The van der Waals surface area contributed by atoms with Gasteiger partial charge in [-0.05, 0) is 25.3 Å². The Morgan fingerprint density at radius 3 is 2.68 bits per heavy atom. The number of carbonyl (C=O) groups is 3. The van der Waals surface area contributed by atoms with Crippen molar-refractivity contribution < 1.29 is 23.9 Å². The minimum Gasteiger partial charge on any atom is -0.481 e. The number of aromatic nitrogens is 1. The third-order valence-electron chi connectivity index (χ3n) is 4.52. The maximum atomic E-state index is 12.6. The van der Waals surface area contributed by atoms with Crippen molar-refractivity contribution >= 4 is 18.2 Å². The van der Waals surface area contributed by atoms with Crippen LogP contribution in [0.5, 0.6) is 5.88 Å². The summed E-state index contributed by atoms with van der Waals surface area (Å²) in [5, 5.41) is 2.91. The van der Waals surface area contributed by atoms with Gasteiger partial charge in [-0.15, -0.1) is 0 Å². The van der Waals surface area contributed by atoms with Gasteiger partial charge in [-0.2, -0.15) is 0 Å². The molecule has 0 radical (unpaired) electrons. The summed E-state index contributed by atoms with van der Waals surface area (Å²) < 4.78 is 10.0. The van der Waals surface area contributed by atoms with Gasteiger partial charge in [-0.25, -0.2) is 4.98 Å². The van der Waals surface area contributed by atoms with Crippen LogP contribution in [0, 0.1) is 11.3 Å². The molecule has 0 spiro atoms. The van der Waals surface area contributed by atoms with Crippen LogP contribution >= 0.6 is 0 Å². The molecular formula is C18H24N2O5. The van der Waals surface area contributed by atoms with Gasteiger partial charge < -0.3 is 19.6 Å². The van der Waals surface area contributed by atoms with E-state index in [1.54, 1.807) is 25.3 Å². The van der Waals surface area contributed by atoms with E-state index in [-0.39, 0.29) is 24.9 Å². The number of aldehydes is 1. The Balaban J connectivity index is 2.12. The number of pyridine rings is 1. The first kappa shape index (κ1) is 18.9. The molecule has 25 heavy (non-hydrogen) atoms. The van der Waals surface area contributed by atoms with Crippen LogP contribution < -0.4 is 10.1 Å². The number of amides is 1. The Hall–Kier alpha value is -2.44. The van der Waals surface area contributed by atoms with Crippen LogP contribution in [0.25, 0.3) is 0 Å². The molecule has 0 aliphatic heterocycles. The number of carbonyl (C=O) groups excluding carboxylic acids is 3. The fourth-order valence-corrected chi connectivity index (χ4v) is 3.07. The van der Waals surface area contributed by atoms with Crippen molar-refractivity contribution in [2.24, 2.45) is 11.3 Å². The highest BCUT2D eigenvalue weighted by molar-refractivity contribution is 5.85. The molecule has 1 heterocycles. The summed E-state index contributed by atoms with van der Waals surface area (Å²) in [7, 11) is 1.51. The average Bonchev–Trinajstić information content (AvgIpc) is 2.58. The quantitative estimate of drug-likeness (QED) is 0.569. The molecule has 1 aliphatic carbocycles. The Bertz CT molecular complexity index is 623. The molecule has 0 saturated heterocycles. The third kappa shape index (κ3) is 4.55. The van der Waals surface area contributed by atoms with Gasteiger partial charge in [0.15, 0.2) is 0 Å². The van der Waals surface area contributed by atoms with Gasteiger partial charge in [0.05, 0.1) is 26.2 Å². The molecule has 1 atom stereocenters.